The van der Waals surface area contributed by atoms with Gasteiger partial charge in [-0.05, 0) is 19.4 Å². The highest BCUT2D eigenvalue weighted by molar-refractivity contribution is 5.37. The van der Waals surface area contributed by atoms with Gasteiger partial charge in [0.05, 0.1) is 24.7 Å². The van der Waals surface area contributed by atoms with Gasteiger partial charge in [-0.3, -0.25) is 9.88 Å². The normalized spacial score (nSPS) is 25.0. The second kappa shape index (κ2) is 4.58. The van der Waals surface area contributed by atoms with Crippen LogP contribution >= 0.6 is 0 Å². The number of rotatable bonds is 2. The quantitative estimate of drug-likeness (QED) is 0.795. The van der Waals surface area contributed by atoms with Crippen molar-refractivity contribution in [1.82, 2.24) is 14.9 Å². The summed E-state index contributed by atoms with van der Waals surface area (Å²) >= 11 is 0. The van der Waals surface area contributed by atoms with Crippen molar-refractivity contribution in [3.8, 4) is 0 Å². The first-order valence-electron chi connectivity index (χ1n) is 6.27. The fourth-order valence-corrected chi connectivity index (χ4v) is 2.82. The van der Waals surface area contributed by atoms with Crippen LogP contribution in [-0.2, 0) is 6.61 Å². The maximum atomic E-state index is 9.08. The zero-order chi connectivity index (χ0) is 11.7. The molecule has 0 spiro atoms. The molecule has 1 aromatic rings. The topological polar surface area (TPSA) is 52.5 Å². The third-order valence-electron chi connectivity index (χ3n) is 3.75. The highest BCUT2D eigenvalue weighted by Gasteiger charge is 2.31. The summed E-state index contributed by atoms with van der Waals surface area (Å²) < 4.78 is 0. The summed E-state index contributed by atoms with van der Waals surface area (Å²) in [5.74, 6) is 0.906. The van der Waals surface area contributed by atoms with Gasteiger partial charge in [-0.15, -0.1) is 0 Å². The van der Waals surface area contributed by atoms with Crippen LogP contribution in [0.4, 0.5) is 5.82 Å². The van der Waals surface area contributed by atoms with Gasteiger partial charge in [0.2, 0.25) is 0 Å². The Bertz CT molecular complexity index is 398. The molecule has 2 aliphatic heterocycles. The van der Waals surface area contributed by atoms with Crippen LogP contribution in [0.25, 0.3) is 0 Å². The second-order valence-electron chi connectivity index (χ2n) is 4.80. The van der Waals surface area contributed by atoms with E-state index in [9.17, 15) is 0 Å². The first-order chi connectivity index (χ1) is 8.36. The molecule has 3 heterocycles. The van der Waals surface area contributed by atoms with Crippen LogP contribution < -0.4 is 4.90 Å². The van der Waals surface area contributed by atoms with E-state index >= 15 is 0 Å². The van der Waals surface area contributed by atoms with Gasteiger partial charge in [-0.1, -0.05) is 0 Å². The number of nitrogens with zero attached hydrogens (tertiary/aromatic N) is 4. The van der Waals surface area contributed by atoms with E-state index < -0.39 is 0 Å². The maximum absolute atomic E-state index is 9.08. The molecule has 1 unspecified atom stereocenters. The summed E-state index contributed by atoms with van der Waals surface area (Å²) in [6, 6.07) is 0.684. The van der Waals surface area contributed by atoms with Gasteiger partial charge in [0.25, 0.3) is 0 Å². The summed E-state index contributed by atoms with van der Waals surface area (Å²) in [6.45, 7) is 4.39. The van der Waals surface area contributed by atoms with E-state index in [1.165, 1.54) is 19.4 Å². The predicted molar refractivity (Wildman–Crippen MR) is 64.8 cm³/mol. The van der Waals surface area contributed by atoms with Crippen LogP contribution in [0, 0.1) is 0 Å². The number of fused-ring (bicyclic) bond motifs is 1. The van der Waals surface area contributed by atoms with E-state index in [1.54, 1.807) is 12.4 Å². The molecule has 3 rings (SSSR count). The first-order valence-corrected chi connectivity index (χ1v) is 6.27. The van der Waals surface area contributed by atoms with Crippen molar-refractivity contribution in [2.24, 2.45) is 0 Å². The van der Waals surface area contributed by atoms with E-state index in [1.807, 2.05) is 0 Å². The Labute approximate surface area is 101 Å². The van der Waals surface area contributed by atoms with Gasteiger partial charge in [0.15, 0.2) is 0 Å². The Morgan fingerprint density at radius 2 is 2.24 bits per heavy atom. The Hall–Kier alpha value is -1.20. The van der Waals surface area contributed by atoms with Gasteiger partial charge in [0, 0.05) is 25.7 Å². The standard InChI is InChI=1S/C12H18N4O/c17-9-10-6-13-7-12(14-10)16-5-4-15-3-1-2-11(15)8-16/h6-7,11,17H,1-5,8-9H2. The molecule has 5 heteroatoms. The summed E-state index contributed by atoms with van der Waals surface area (Å²) in [7, 11) is 0. The van der Waals surface area contributed by atoms with Crippen molar-refractivity contribution in [3.05, 3.63) is 18.1 Å². The lowest BCUT2D eigenvalue weighted by atomic mass is 10.1. The molecule has 2 aliphatic rings. The third kappa shape index (κ3) is 2.12. The molecule has 0 saturated carbocycles. The van der Waals surface area contributed by atoms with Crippen molar-refractivity contribution in [1.29, 1.82) is 0 Å². The van der Waals surface area contributed by atoms with Crippen LogP contribution in [0.15, 0.2) is 12.4 Å². The number of aromatic nitrogens is 2. The van der Waals surface area contributed by atoms with Gasteiger partial charge in [-0.25, -0.2) is 4.98 Å². The number of aliphatic hydroxyl groups is 1. The van der Waals surface area contributed by atoms with E-state index in [0.717, 1.165) is 25.5 Å². The molecule has 0 aliphatic carbocycles. The monoisotopic (exact) mass is 234 g/mol. The lowest BCUT2D eigenvalue weighted by Crippen LogP contribution is -2.50. The predicted octanol–water partition coefficient (Wildman–Crippen LogP) is 0.253. The number of piperazine rings is 1. The number of hydrogen-bond donors (Lipinski definition) is 1. The summed E-state index contributed by atoms with van der Waals surface area (Å²) in [4.78, 5) is 13.4. The molecule has 2 saturated heterocycles. The third-order valence-corrected chi connectivity index (χ3v) is 3.75. The first kappa shape index (κ1) is 10.9. The van der Waals surface area contributed by atoms with Gasteiger partial charge in [0.1, 0.15) is 5.82 Å². The highest BCUT2D eigenvalue weighted by atomic mass is 16.3. The Morgan fingerprint density at radius 3 is 3.12 bits per heavy atom. The molecule has 92 valence electrons. The van der Waals surface area contributed by atoms with Gasteiger partial charge < -0.3 is 10.0 Å². The Kier molecular flexibility index (Phi) is 2.94. The Balaban J connectivity index is 1.75. The van der Waals surface area contributed by atoms with Crippen molar-refractivity contribution in [2.45, 2.75) is 25.5 Å². The number of aliphatic hydroxyl groups excluding tert-OH is 1. The van der Waals surface area contributed by atoms with Crippen molar-refractivity contribution in [2.75, 3.05) is 31.1 Å². The fraction of sp³-hybridized carbons (Fsp3) is 0.667. The molecule has 0 radical (unpaired) electrons. The van der Waals surface area contributed by atoms with Crippen LogP contribution in [0.3, 0.4) is 0 Å². The average molecular weight is 234 g/mol. The minimum atomic E-state index is -0.0375. The SMILES string of the molecule is OCc1cncc(N2CCN3CCCC3C2)n1. The molecule has 17 heavy (non-hydrogen) atoms. The van der Waals surface area contributed by atoms with E-state index in [0.29, 0.717) is 11.7 Å². The lowest BCUT2D eigenvalue weighted by Gasteiger charge is -2.38. The molecule has 1 atom stereocenters. The Morgan fingerprint density at radius 1 is 1.29 bits per heavy atom. The van der Waals surface area contributed by atoms with Crippen molar-refractivity contribution < 1.29 is 5.11 Å². The molecule has 2 fully saturated rings. The van der Waals surface area contributed by atoms with E-state index in [4.69, 9.17) is 5.11 Å². The van der Waals surface area contributed by atoms with Crippen LogP contribution in [0.2, 0.25) is 0 Å². The summed E-state index contributed by atoms with van der Waals surface area (Å²) in [5, 5.41) is 9.08. The number of hydrogen-bond acceptors (Lipinski definition) is 5. The summed E-state index contributed by atoms with van der Waals surface area (Å²) in [5.41, 5.74) is 0.649. The molecule has 5 nitrogen and oxygen atoms in total. The zero-order valence-corrected chi connectivity index (χ0v) is 9.92. The second-order valence-corrected chi connectivity index (χ2v) is 4.80. The average Bonchev–Trinajstić information content (AvgIpc) is 2.86. The van der Waals surface area contributed by atoms with Crippen LogP contribution in [-0.4, -0.2) is 52.2 Å². The molecule has 0 bridgehead atoms. The largest absolute Gasteiger partial charge is 0.390 e. The molecular weight excluding hydrogens is 216 g/mol. The molecule has 1 N–H and O–H groups in total. The molecular formula is C12H18N4O. The zero-order valence-electron chi connectivity index (χ0n) is 9.92. The molecule has 0 aromatic carbocycles. The summed E-state index contributed by atoms with van der Waals surface area (Å²) in [6.07, 6.45) is 6.03. The van der Waals surface area contributed by atoms with Gasteiger partial charge in [-0.2, -0.15) is 0 Å². The van der Waals surface area contributed by atoms with E-state index in [-0.39, 0.29) is 6.61 Å². The fourth-order valence-electron chi connectivity index (χ4n) is 2.82. The van der Waals surface area contributed by atoms with Crippen LogP contribution in [0.5, 0.6) is 0 Å². The van der Waals surface area contributed by atoms with Crippen molar-refractivity contribution >= 4 is 5.82 Å². The smallest absolute Gasteiger partial charge is 0.147 e. The van der Waals surface area contributed by atoms with Crippen molar-refractivity contribution in [3.63, 3.8) is 0 Å². The molecule has 1 aromatic heterocycles. The number of anilines is 1. The minimum Gasteiger partial charge on any atom is -0.390 e. The lowest BCUT2D eigenvalue weighted by molar-refractivity contribution is 0.230. The molecule has 0 amide bonds. The maximum Gasteiger partial charge on any atom is 0.147 e. The van der Waals surface area contributed by atoms with E-state index in [2.05, 4.69) is 19.8 Å². The van der Waals surface area contributed by atoms with Gasteiger partial charge >= 0.3 is 0 Å². The minimum absolute atomic E-state index is 0.0375. The highest BCUT2D eigenvalue weighted by Crippen LogP contribution is 2.24. The van der Waals surface area contributed by atoms with Crippen LogP contribution in [0.1, 0.15) is 18.5 Å².